The Balaban J connectivity index is 1.58. The molecule has 0 spiro atoms. The maximum absolute atomic E-state index is 12.8. The van der Waals surface area contributed by atoms with Crippen molar-refractivity contribution in [1.29, 1.82) is 0 Å². The van der Waals surface area contributed by atoms with E-state index >= 15 is 0 Å². The van der Waals surface area contributed by atoms with Gasteiger partial charge in [-0.2, -0.15) is 21.6 Å². The third-order valence-corrected chi connectivity index (χ3v) is 9.35. The van der Waals surface area contributed by atoms with Gasteiger partial charge in [-0.15, -0.1) is 0 Å². The number of halogens is 3. The molecule has 164 valence electrons. The van der Waals surface area contributed by atoms with Crippen LogP contribution in [-0.4, -0.2) is 27.1 Å². The van der Waals surface area contributed by atoms with E-state index in [0.29, 0.717) is 24.7 Å². The molecule has 0 bridgehead atoms. The first-order valence-electron chi connectivity index (χ1n) is 10.4. The molecule has 0 aromatic heterocycles. The molecule has 4 aliphatic rings. The van der Waals surface area contributed by atoms with Crippen LogP contribution in [0, 0.1) is 28.6 Å². The average Bonchev–Trinajstić information content (AvgIpc) is 2.96. The average molecular weight is 435 g/mol. The first-order valence-corrected chi connectivity index (χ1v) is 11.8. The van der Waals surface area contributed by atoms with Crippen molar-refractivity contribution in [2.45, 2.75) is 70.4 Å². The lowest BCUT2D eigenvalue weighted by Gasteiger charge is -2.57. The van der Waals surface area contributed by atoms with Crippen LogP contribution < -0.4 is 0 Å². The van der Waals surface area contributed by atoms with Gasteiger partial charge in [-0.3, -0.25) is 0 Å². The molecule has 4 rings (SSSR count). The Morgan fingerprint density at radius 2 is 1.72 bits per heavy atom. The third kappa shape index (κ3) is 3.16. The molecule has 4 unspecified atom stereocenters. The zero-order chi connectivity index (χ0) is 21.2. The Morgan fingerprint density at radius 3 is 2.38 bits per heavy atom. The summed E-state index contributed by atoms with van der Waals surface area (Å²) < 4.78 is 72.0. The van der Waals surface area contributed by atoms with Crippen LogP contribution in [0.2, 0.25) is 0 Å². The van der Waals surface area contributed by atoms with E-state index in [9.17, 15) is 21.6 Å². The normalized spacial score (nSPS) is 42.3. The lowest BCUT2D eigenvalue weighted by atomic mass is 9.48. The van der Waals surface area contributed by atoms with Crippen molar-refractivity contribution < 1.29 is 30.5 Å². The molecule has 4 aliphatic carbocycles. The summed E-state index contributed by atoms with van der Waals surface area (Å²) in [5.74, 6) is 0.883. The third-order valence-electron chi connectivity index (χ3n) is 8.38. The molecule has 0 aliphatic heterocycles. The topological polar surface area (TPSA) is 52.6 Å². The summed E-state index contributed by atoms with van der Waals surface area (Å²) in [4.78, 5) is 0. The summed E-state index contributed by atoms with van der Waals surface area (Å²) in [5.41, 5.74) is -4.51. The number of fused-ring (bicyclic) bond motifs is 5. The van der Waals surface area contributed by atoms with Gasteiger partial charge in [0, 0.05) is 12.5 Å². The Kier molecular flexibility index (Phi) is 4.93. The zero-order valence-corrected chi connectivity index (χ0v) is 17.9. The van der Waals surface area contributed by atoms with Gasteiger partial charge in [0.15, 0.2) is 0 Å². The second-order valence-corrected chi connectivity index (χ2v) is 11.1. The number of hydrogen-bond acceptors (Lipinski definition) is 4. The summed E-state index contributed by atoms with van der Waals surface area (Å²) in [5, 5.41) is 0. The monoisotopic (exact) mass is 434 g/mol. The highest BCUT2D eigenvalue weighted by Gasteiger charge is 2.59. The molecule has 0 N–H and O–H groups in total. The van der Waals surface area contributed by atoms with E-state index in [1.807, 2.05) is 6.92 Å². The van der Waals surface area contributed by atoms with Gasteiger partial charge >= 0.3 is 15.6 Å². The van der Waals surface area contributed by atoms with Crippen molar-refractivity contribution >= 4 is 10.1 Å². The maximum atomic E-state index is 12.8. The molecule has 29 heavy (non-hydrogen) atoms. The summed E-state index contributed by atoms with van der Waals surface area (Å²) in [6.45, 7) is 4.21. The number of allylic oxidation sites excluding steroid dienone is 3. The van der Waals surface area contributed by atoms with Crippen LogP contribution in [0.25, 0.3) is 0 Å². The van der Waals surface area contributed by atoms with Gasteiger partial charge in [-0.1, -0.05) is 25.5 Å². The Hall–Kier alpha value is -1.02. The van der Waals surface area contributed by atoms with E-state index in [4.69, 9.17) is 4.74 Å². The van der Waals surface area contributed by atoms with Gasteiger partial charge in [0.05, 0.1) is 6.10 Å². The summed E-state index contributed by atoms with van der Waals surface area (Å²) in [6, 6.07) is 0. The smallest absolute Gasteiger partial charge is 0.381 e. The standard InChI is InChI=1S/C21H29F3O4S/c1-19-10-8-14(27-3)12-13(19)4-5-15-16-6-7-18(20(16,2)11-9-17(15)19)28-29(25,26)21(22,23)24/h4,7,14-17H,5-6,8-12H2,1-3H3/t14?,15?,16?,17?,19-,20-/m0/s1. The number of ether oxygens (including phenoxy) is 1. The predicted molar refractivity (Wildman–Crippen MR) is 102 cm³/mol. The highest BCUT2D eigenvalue weighted by molar-refractivity contribution is 7.87. The molecule has 2 fully saturated rings. The van der Waals surface area contributed by atoms with Crippen LogP contribution in [0.3, 0.4) is 0 Å². The second-order valence-electron chi connectivity index (χ2n) is 9.60. The Labute approximate surface area is 170 Å². The second kappa shape index (κ2) is 6.74. The van der Waals surface area contributed by atoms with Crippen molar-refractivity contribution in [3.63, 3.8) is 0 Å². The first-order chi connectivity index (χ1) is 13.4. The molecule has 0 aromatic carbocycles. The predicted octanol–water partition coefficient (Wildman–Crippen LogP) is 5.32. The summed E-state index contributed by atoms with van der Waals surface area (Å²) in [7, 11) is -3.88. The zero-order valence-electron chi connectivity index (χ0n) is 17.1. The van der Waals surface area contributed by atoms with Gasteiger partial charge in [0.25, 0.3) is 0 Å². The SMILES string of the molecule is COC1CC[C@@]2(C)C(=CCC3C2CC[C@]2(C)C(OS(=O)(=O)C(F)(F)F)=CCC32)C1. The quantitative estimate of drug-likeness (QED) is 0.343. The fourth-order valence-corrected chi connectivity index (χ4v) is 7.24. The minimum Gasteiger partial charge on any atom is -0.381 e. The highest BCUT2D eigenvalue weighted by atomic mass is 32.2. The highest BCUT2D eigenvalue weighted by Crippen LogP contribution is 2.65. The van der Waals surface area contributed by atoms with Crippen molar-refractivity contribution in [3.8, 4) is 0 Å². The molecular formula is C21H29F3O4S. The Bertz CT molecular complexity index is 846. The largest absolute Gasteiger partial charge is 0.534 e. The van der Waals surface area contributed by atoms with Crippen molar-refractivity contribution in [2.75, 3.05) is 7.11 Å². The number of alkyl halides is 3. The summed E-state index contributed by atoms with van der Waals surface area (Å²) in [6.07, 6.45) is 10.2. The fourth-order valence-electron chi connectivity index (χ4n) is 6.65. The molecular weight excluding hydrogens is 405 g/mol. The lowest BCUT2D eigenvalue weighted by Crippen LogP contribution is -2.50. The molecule has 2 saturated carbocycles. The summed E-state index contributed by atoms with van der Waals surface area (Å²) >= 11 is 0. The molecule has 8 heteroatoms. The van der Waals surface area contributed by atoms with Gasteiger partial charge in [-0.25, -0.2) is 0 Å². The van der Waals surface area contributed by atoms with E-state index < -0.39 is 21.0 Å². The molecule has 4 nitrogen and oxygen atoms in total. The van der Waals surface area contributed by atoms with Gasteiger partial charge < -0.3 is 8.92 Å². The van der Waals surface area contributed by atoms with Crippen LogP contribution in [-0.2, 0) is 19.0 Å². The minimum atomic E-state index is -5.63. The van der Waals surface area contributed by atoms with Crippen LogP contribution in [0.4, 0.5) is 13.2 Å². The fraction of sp³-hybridized carbons (Fsp3) is 0.810. The van der Waals surface area contributed by atoms with E-state index in [0.717, 1.165) is 32.1 Å². The van der Waals surface area contributed by atoms with Crippen LogP contribution in [0.5, 0.6) is 0 Å². The first kappa shape index (κ1) is 21.2. The van der Waals surface area contributed by atoms with Crippen LogP contribution in [0.1, 0.15) is 58.8 Å². The van der Waals surface area contributed by atoms with Crippen LogP contribution in [0.15, 0.2) is 23.5 Å². The van der Waals surface area contributed by atoms with Crippen molar-refractivity contribution in [2.24, 2.45) is 28.6 Å². The van der Waals surface area contributed by atoms with Crippen molar-refractivity contribution in [1.82, 2.24) is 0 Å². The molecule has 0 aromatic rings. The molecule has 0 saturated heterocycles. The number of rotatable bonds is 3. The van der Waals surface area contributed by atoms with Gasteiger partial charge in [0.1, 0.15) is 5.76 Å². The van der Waals surface area contributed by atoms with E-state index in [-0.39, 0.29) is 23.2 Å². The minimum absolute atomic E-state index is 0.0127. The number of methoxy groups -OCH3 is 1. The molecule has 0 amide bonds. The maximum Gasteiger partial charge on any atom is 0.534 e. The van der Waals surface area contributed by atoms with E-state index in [1.165, 1.54) is 5.57 Å². The Morgan fingerprint density at radius 1 is 1.03 bits per heavy atom. The lowest BCUT2D eigenvalue weighted by molar-refractivity contribution is -0.0591. The van der Waals surface area contributed by atoms with Gasteiger partial charge in [0.2, 0.25) is 0 Å². The van der Waals surface area contributed by atoms with Crippen LogP contribution >= 0.6 is 0 Å². The number of hydrogen-bond donors (Lipinski definition) is 0. The molecule has 0 radical (unpaired) electrons. The molecule has 6 atom stereocenters. The molecule has 0 heterocycles. The van der Waals surface area contributed by atoms with Gasteiger partial charge in [-0.05, 0) is 74.2 Å². The van der Waals surface area contributed by atoms with E-state index in [2.05, 4.69) is 17.2 Å². The van der Waals surface area contributed by atoms with Crippen molar-refractivity contribution in [3.05, 3.63) is 23.5 Å². The van der Waals surface area contributed by atoms with E-state index in [1.54, 1.807) is 13.2 Å².